The summed E-state index contributed by atoms with van der Waals surface area (Å²) < 4.78 is 39.2. The van der Waals surface area contributed by atoms with Crippen LogP contribution >= 0.6 is 12.4 Å². The number of aromatic nitrogens is 1. The minimum Gasteiger partial charge on any atom is -0.337 e. The van der Waals surface area contributed by atoms with E-state index in [1.807, 2.05) is 12.1 Å². The van der Waals surface area contributed by atoms with E-state index in [9.17, 15) is 18.0 Å². The van der Waals surface area contributed by atoms with Gasteiger partial charge in [0.25, 0.3) is 0 Å². The van der Waals surface area contributed by atoms with Crippen LogP contribution in [0.4, 0.5) is 13.2 Å². The van der Waals surface area contributed by atoms with Crippen LogP contribution in [0, 0.1) is 0 Å². The van der Waals surface area contributed by atoms with Crippen molar-refractivity contribution in [2.24, 2.45) is 5.73 Å². The molecule has 1 aliphatic heterocycles. The first-order valence-electron chi connectivity index (χ1n) is 9.45. The molecule has 1 saturated carbocycles. The Morgan fingerprint density at radius 1 is 1.21 bits per heavy atom. The van der Waals surface area contributed by atoms with Gasteiger partial charge in [-0.05, 0) is 61.1 Å². The summed E-state index contributed by atoms with van der Waals surface area (Å²) in [4.78, 5) is 19.7. The van der Waals surface area contributed by atoms with Crippen LogP contribution in [-0.2, 0) is 29.4 Å². The molecule has 2 aromatic rings. The van der Waals surface area contributed by atoms with Crippen molar-refractivity contribution in [3.8, 4) is 0 Å². The number of benzene rings is 1. The number of pyridine rings is 1. The fourth-order valence-electron chi connectivity index (χ4n) is 4.48. The summed E-state index contributed by atoms with van der Waals surface area (Å²) in [5, 5.41) is 0. The number of hydrogen-bond acceptors (Lipinski definition) is 3. The molecule has 0 saturated heterocycles. The van der Waals surface area contributed by atoms with Crippen molar-refractivity contribution in [2.45, 2.75) is 49.9 Å². The highest BCUT2D eigenvalue weighted by atomic mass is 35.5. The summed E-state index contributed by atoms with van der Waals surface area (Å²) in [5.74, 6) is -0.0813. The van der Waals surface area contributed by atoms with Gasteiger partial charge in [0.1, 0.15) is 0 Å². The number of nitrogens with zero attached hydrogens (tertiary/aromatic N) is 2. The Kier molecular flexibility index (Phi) is 5.92. The van der Waals surface area contributed by atoms with Crippen molar-refractivity contribution in [1.82, 2.24) is 9.88 Å². The molecule has 4 rings (SSSR count). The van der Waals surface area contributed by atoms with Crippen molar-refractivity contribution in [3.05, 3.63) is 65.0 Å². The van der Waals surface area contributed by atoms with Crippen LogP contribution in [0.3, 0.4) is 0 Å². The number of carbonyl (C=O) groups excluding carboxylic acids is 1. The van der Waals surface area contributed by atoms with Gasteiger partial charge in [-0.2, -0.15) is 13.2 Å². The summed E-state index contributed by atoms with van der Waals surface area (Å²) >= 11 is 0. The van der Waals surface area contributed by atoms with E-state index in [1.54, 1.807) is 17.2 Å². The maximum atomic E-state index is 13.6. The van der Waals surface area contributed by atoms with E-state index < -0.39 is 17.2 Å². The predicted molar refractivity (Wildman–Crippen MR) is 106 cm³/mol. The Hall–Kier alpha value is -2.12. The molecule has 8 heteroatoms. The lowest BCUT2D eigenvalue weighted by Crippen LogP contribution is -2.48. The van der Waals surface area contributed by atoms with Gasteiger partial charge in [0.2, 0.25) is 5.91 Å². The van der Waals surface area contributed by atoms with Gasteiger partial charge in [0.15, 0.2) is 0 Å². The van der Waals surface area contributed by atoms with Gasteiger partial charge in [-0.3, -0.25) is 9.78 Å². The standard InChI is InChI=1S/C21H22F3N3O.ClH/c22-21(23,24)16-5-4-14-7-10-27(13-15(14)11-16)19(28)20(8-6-17(25)12-20)18-3-1-2-9-26-18;/h1-5,9,11,17H,6-8,10,12-13,25H2;1H. The Bertz CT molecular complexity index is 890. The van der Waals surface area contributed by atoms with Crippen LogP contribution in [0.25, 0.3) is 0 Å². The summed E-state index contributed by atoms with van der Waals surface area (Å²) in [6.07, 6.45) is -0.344. The first kappa shape index (κ1) is 21.6. The zero-order chi connectivity index (χ0) is 19.9. The first-order chi connectivity index (χ1) is 13.3. The quantitative estimate of drug-likeness (QED) is 0.795. The lowest BCUT2D eigenvalue weighted by Gasteiger charge is -2.37. The number of halogens is 4. The lowest BCUT2D eigenvalue weighted by atomic mass is 9.79. The first-order valence-corrected chi connectivity index (χ1v) is 9.45. The second-order valence-corrected chi connectivity index (χ2v) is 7.76. The number of rotatable bonds is 2. The van der Waals surface area contributed by atoms with E-state index in [4.69, 9.17) is 5.73 Å². The topological polar surface area (TPSA) is 59.2 Å². The minimum atomic E-state index is -4.39. The number of alkyl halides is 3. The van der Waals surface area contributed by atoms with Gasteiger partial charge >= 0.3 is 6.18 Å². The summed E-state index contributed by atoms with van der Waals surface area (Å²) in [6, 6.07) is 9.22. The molecule has 1 aromatic carbocycles. The van der Waals surface area contributed by atoms with Crippen LogP contribution < -0.4 is 5.73 Å². The zero-order valence-electron chi connectivity index (χ0n) is 15.8. The van der Waals surface area contributed by atoms with Gasteiger partial charge in [-0.1, -0.05) is 12.1 Å². The van der Waals surface area contributed by atoms with E-state index in [0.29, 0.717) is 37.1 Å². The average Bonchev–Trinajstić information content (AvgIpc) is 3.09. The van der Waals surface area contributed by atoms with Crippen molar-refractivity contribution in [1.29, 1.82) is 0 Å². The molecule has 29 heavy (non-hydrogen) atoms. The van der Waals surface area contributed by atoms with Crippen LogP contribution in [0.15, 0.2) is 42.6 Å². The smallest absolute Gasteiger partial charge is 0.337 e. The number of carbonyl (C=O) groups is 1. The Labute approximate surface area is 173 Å². The Morgan fingerprint density at radius 3 is 2.62 bits per heavy atom. The van der Waals surface area contributed by atoms with Gasteiger partial charge in [0, 0.05) is 25.3 Å². The van der Waals surface area contributed by atoms with E-state index in [-0.39, 0.29) is 30.9 Å². The molecule has 0 bridgehead atoms. The fraction of sp³-hybridized carbons (Fsp3) is 0.429. The van der Waals surface area contributed by atoms with Crippen molar-refractivity contribution in [3.63, 3.8) is 0 Å². The van der Waals surface area contributed by atoms with Crippen LogP contribution in [0.5, 0.6) is 0 Å². The molecule has 4 nitrogen and oxygen atoms in total. The predicted octanol–water partition coefficient (Wildman–Crippen LogP) is 3.86. The fourth-order valence-corrected chi connectivity index (χ4v) is 4.48. The van der Waals surface area contributed by atoms with Crippen molar-refractivity contribution >= 4 is 18.3 Å². The highest BCUT2D eigenvalue weighted by molar-refractivity contribution is 5.88. The molecular weight excluding hydrogens is 403 g/mol. The molecule has 2 heterocycles. The number of nitrogens with two attached hydrogens (primary N) is 1. The normalized spacial score (nSPS) is 24.0. The summed E-state index contributed by atoms with van der Waals surface area (Å²) in [5.41, 5.74) is 6.79. The Morgan fingerprint density at radius 2 is 2.00 bits per heavy atom. The van der Waals surface area contributed by atoms with Gasteiger partial charge < -0.3 is 10.6 Å². The monoisotopic (exact) mass is 425 g/mol. The molecule has 2 unspecified atom stereocenters. The van der Waals surface area contributed by atoms with E-state index >= 15 is 0 Å². The second kappa shape index (κ2) is 7.95. The summed E-state index contributed by atoms with van der Waals surface area (Å²) in [6.45, 7) is 0.670. The van der Waals surface area contributed by atoms with Crippen molar-refractivity contribution in [2.75, 3.05) is 6.54 Å². The van der Waals surface area contributed by atoms with Crippen LogP contribution in [-0.4, -0.2) is 28.4 Å². The third-order valence-corrected chi connectivity index (χ3v) is 5.95. The van der Waals surface area contributed by atoms with Gasteiger partial charge in [-0.15, -0.1) is 12.4 Å². The highest BCUT2D eigenvalue weighted by Gasteiger charge is 2.49. The van der Waals surface area contributed by atoms with Gasteiger partial charge in [-0.25, -0.2) is 0 Å². The third-order valence-electron chi connectivity index (χ3n) is 5.95. The average molecular weight is 426 g/mol. The molecule has 156 valence electrons. The van der Waals surface area contributed by atoms with Crippen LogP contribution in [0.2, 0.25) is 0 Å². The largest absolute Gasteiger partial charge is 0.416 e. The molecule has 1 fully saturated rings. The SMILES string of the molecule is Cl.NC1CCC(C(=O)N2CCc3ccc(C(F)(F)F)cc3C2)(c2ccccn2)C1. The molecule has 0 radical (unpaired) electrons. The highest BCUT2D eigenvalue weighted by Crippen LogP contribution is 2.42. The maximum Gasteiger partial charge on any atom is 0.416 e. The van der Waals surface area contributed by atoms with Crippen molar-refractivity contribution < 1.29 is 18.0 Å². The molecule has 2 N–H and O–H groups in total. The number of fused-ring (bicyclic) bond motifs is 1. The van der Waals surface area contributed by atoms with E-state index in [2.05, 4.69) is 4.98 Å². The molecule has 0 spiro atoms. The molecule has 1 aliphatic carbocycles. The minimum absolute atomic E-state index is 0. The Balaban J connectivity index is 0.00000240. The molecule has 1 amide bonds. The maximum absolute atomic E-state index is 13.6. The number of hydrogen-bond donors (Lipinski definition) is 1. The molecule has 2 aliphatic rings. The summed E-state index contributed by atoms with van der Waals surface area (Å²) in [7, 11) is 0. The van der Waals surface area contributed by atoms with E-state index in [0.717, 1.165) is 18.1 Å². The molecule has 2 atom stereocenters. The molecular formula is C21H23ClF3N3O. The third kappa shape index (κ3) is 3.98. The molecule has 1 aromatic heterocycles. The zero-order valence-corrected chi connectivity index (χ0v) is 16.6. The van der Waals surface area contributed by atoms with E-state index in [1.165, 1.54) is 12.1 Å². The van der Waals surface area contributed by atoms with Crippen LogP contribution in [0.1, 0.15) is 41.6 Å². The lowest BCUT2D eigenvalue weighted by molar-refractivity contribution is -0.138. The number of amides is 1. The second-order valence-electron chi connectivity index (χ2n) is 7.76. The van der Waals surface area contributed by atoms with Gasteiger partial charge in [0.05, 0.1) is 16.7 Å².